The molecular weight excluding hydrogens is 310 g/mol. The van der Waals surface area contributed by atoms with Crippen LogP contribution < -0.4 is 0 Å². The molecule has 2 unspecified atom stereocenters. The molecular formula is C18H25NO5. The van der Waals surface area contributed by atoms with Crippen LogP contribution in [0.4, 0.5) is 0 Å². The Balaban J connectivity index is 1.62. The standard InChI is InChI=1S/C18H25NO5/c20-16-9-8-14(18(21)22)17(15-7-3-11-24-15)19(16)10-4-12-23-13-5-1-2-6-13/h3,7,11,13-14,17H,1-2,4-6,8-10,12H2,(H,21,22). The molecule has 2 aliphatic rings. The van der Waals surface area contributed by atoms with Gasteiger partial charge < -0.3 is 19.2 Å². The smallest absolute Gasteiger partial charge is 0.309 e. The quantitative estimate of drug-likeness (QED) is 0.775. The fourth-order valence-electron chi connectivity index (χ4n) is 3.83. The van der Waals surface area contributed by atoms with Gasteiger partial charge in [-0.25, -0.2) is 0 Å². The molecule has 1 saturated heterocycles. The number of aliphatic carboxylic acids is 1. The van der Waals surface area contributed by atoms with Crippen molar-refractivity contribution in [3.05, 3.63) is 24.2 Å². The Morgan fingerprint density at radius 3 is 2.79 bits per heavy atom. The highest BCUT2D eigenvalue weighted by Gasteiger charge is 2.41. The number of hydrogen-bond acceptors (Lipinski definition) is 4. The third kappa shape index (κ3) is 3.80. The summed E-state index contributed by atoms with van der Waals surface area (Å²) in [7, 11) is 0. The summed E-state index contributed by atoms with van der Waals surface area (Å²) < 4.78 is 11.3. The molecule has 0 spiro atoms. The van der Waals surface area contributed by atoms with Crippen molar-refractivity contribution in [3.63, 3.8) is 0 Å². The molecule has 1 amide bonds. The van der Waals surface area contributed by atoms with E-state index in [9.17, 15) is 14.7 Å². The van der Waals surface area contributed by atoms with Crippen LogP contribution in [0.1, 0.15) is 56.7 Å². The van der Waals surface area contributed by atoms with E-state index in [2.05, 4.69) is 0 Å². The molecule has 2 atom stereocenters. The van der Waals surface area contributed by atoms with Crippen molar-refractivity contribution in [1.82, 2.24) is 4.90 Å². The van der Waals surface area contributed by atoms with Gasteiger partial charge in [0, 0.05) is 19.6 Å². The number of nitrogens with zero attached hydrogens (tertiary/aromatic N) is 1. The molecule has 2 fully saturated rings. The first-order valence-electron chi connectivity index (χ1n) is 8.84. The number of rotatable bonds is 7. The molecule has 6 heteroatoms. The van der Waals surface area contributed by atoms with E-state index in [1.807, 2.05) is 0 Å². The minimum atomic E-state index is -0.879. The summed E-state index contributed by atoms with van der Waals surface area (Å²) in [5.74, 6) is -0.956. The van der Waals surface area contributed by atoms with Gasteiger partial charge in [0.25, 0.3) is 0 Å². The molecule has 1 aliphatic heterocycles. The molecule has 1 aromatic heterocycles. The first-order valence-corrected chi connectivity index (χ1v) is 8.84. The van der Waals surface area contributed by atoms with Crippen molar-refractivity contribution < 1.29 is 23.8 Å². The topological polar surface area (TPSA) is 80.0 Å². The van der Waals surface area contributed by atoms with E-state index in [4.69, 9.17) is 9.15 Å². The normalized spacial score (nSPS) is 25.3. The highest BCUT2D eigenvalue weighted by atomic mass is 16.5. The number of amides is 1. The summed E-state index contributed by atoms with van der Waals surface area (Å²) in [6.45, 7) is 1.11. The van der Waals surface area contributed by atoms with Crippen molar-refractivity contribution >= 4 is 11.9 Å². The summed E-state index contributed by atoms with van der Waals surface area (Å²) in [5.41, 5.74) is 0. The first-order chi connectivity index (χ1) is 11.7. The molecule has 0 bridgehead atoms. The molecule has 3 rings (SSSR count). The van der Waals surface area contributed by atoms with Crippen LogP contribution in [0, 0.1) is 5.92 Å². The molecule has 1 aromatic rings. The van der Waals surface area contributed by atoms with Gasteiger partial charge in [-0.05, 0) is 37.8 Å². The number of hydrogen-bond donors (Lipinski definition) is 1. The molecule has 6 nitrogen and oxygen atoms in total. The number of carbonyl (C=O) groups excluding carboxylic acids is 1. The molecule has 132 valence electrons. The highest BCUT2D eigenvalue weighted by Crippen LogP contribution is 2.37. The molecule has 0 radical (unpaired) electrons. The molecule has 0 aromatic carbocycles. The second-order valence-corrected chi connectivity index (χ2v) is 6.66. The van der Waals surface area contributed by atoms with Crippen LogP contribution in [-0.2, 0) is 14.3 Å². The van der Waals surface area contributed by atoms with Crippen molar-refractivity contribution in [2.24, 2.45) is 5.92 Å². The lowest BCUT2D eigenvalue weighted by Crippen LogP contribution is -2.45. The second kappa shape index (κ2) is 7.83. The highest BCUT2D eigenvalue weighted by molar-refractivity contribution is 5.81. The fraction of sp³-hybridized carbons (Fsp3) is 0.667. The maximum Gasteiger partial charge on any atom is 0.309 e. The zero-order valence-corrected chi connectivity index (χ0v) is 13.9. The van der Waals surface area contributed by atoms with Crippen LogP contribution in [0.5, 0.6) is 0 Å². The average molecular weight is 335 g/mol. The van der Waals surface area contributed by atoms with Crippen LogP contribution >= 0.6 is 0 Å². The van der Waals surface area contributed by atoms with Crippen LogP contribution in [0.25, 0.3) is 0 Å². The summed E-state index contributed by atoms with van der Waals surface area (Å²) in [6, 6.07) is 2.96. The summed E-state index contributed by atoms with van der Waals surface area (Å²) >= 11 is 0. The van der Waals surface area contributed by atoms with E-state index in [0.717, 1.165) is 12.8 Å². The molecule has 24 heavy (non-hydrogen) atoms. The Morgan fingerprint density at radius 2 is 2.12 bits per heavy atom. The lowest BCUT2D eigenvalue weighted by molar-refractivity contribution is -0.153. The predicted molar refractivity (Wildman–Crippen MR) is 86.3 cm³/mol. The van der Waals surface area contributed by atoms with Gasteiger partial charge in [-0.3, -0.25) is 9.59 Å². The molecule has 1 aliphatic carbocycles. The lowest BCUT2D eigenvalue weighted by atomic mass is 9.87. The minimum absolute atomic E-state index is 0.00485. The van der Waals surface area contributed by atoms with Gasteiger partial charge in [0.2, 0.25) is 5.91 Å². The number of carbonyl (C=O) groups is 2. The maximum atomic E-state index is 12.4. The summed E-state index contributed by atoms with van der Waals surface area (Å²) in [6.07, 6.45) is 7.94. The molecule has 1 N–H and O–H groups in total. The Morgan fingerprint density at radius 1 is 1.33 bits per heavy atom. The minimum Gasteiger partial charge on any atom is -0.481 e. The third-order valence-electron chi connectivity index (χ3n) is 5.06. The third-order valence-corrected chi connectivity index (χ3v) is 5.06. The second-order valence-electron chi connectivity index (χ2n) is 6.66. The summed E-state index contributed by atoms with van der Waals surface area (Å²) in [5, 5.41) is 9.52. The van der Waals surface area contributed by atoms with Gasteiger partial charge in [-0.15, -0.1) is 0 Å². The SMILES string of the molecule is O=C(O)C1CCC(=O)N(CCCOC2CCCC2)C1c1ccco1. The van der Waals surface area contributed by atoms with Gasteiger partial charge in [0.15, 0.2) is 0 Å². The monoisotopic (exact) mass is 335 g/mol. The Hall–Kier alpha value is -1.82. The molecule has 1 saturated carbocycles. The van der Waals surface area contributed by atoms with Crippen molar-refractivity contribution in [1.29, 1.82) is 0 Å². The van der Waals surface area contributed by atoms with Crippen molar-refractivity contribution in [3.8, 4) is 0 Å². The summed E-state index contributed by atoms with van der Waals surface area (Å²) in [4.78, 5) is 25.6. The van der Waals surface area contributed by atoms with E-state index >= 15 is 0 Å². The first kappa shape index (κ1) is 17.0. The van der Waals surface area contributed by atoms with Gasteiger partial charge in [0.1, 0.15) is 11.8 Å². The van der Waals surface area contributed by atoms with Gasteiger partial charge >= 0.3 is 5.97 Å². The van der Waals surface area contributed by atoms with E-state index in [1.54, 1.807) is 17.0 Å². The van der Waals surface area contributed by atoms with Crippen molar-refractivity contribution in [2.75, 3.05) is 13.2 Å². The van der Waals surface area contributed by atoms with Gasteiger partial charge in [-0.2, -0.15) is 0 Å². The lowest BCUT2D eigenvalue weighted by Gasteiger charge is -2.38. The number of likely N-dealkylation sites (tertiary alicyclic amines) is 1. The number of carboxylic acid groups (broad SMARTS) is 1. The van der Waals surface area contributed by atoms with Crippen LogP contribution in [-0.4, -0.2) is 41.1 Å². The number of furan rings is 1. The number of ether oxygens (including phenoxy) is 1. The Bertz CT molecular complexity index is 550. The predicted octanol–water partition coefficient (Wildman–Crippen LogP) is 2.99. The van der Waals surface area contributed by atoms with E-state index in [0.29, 0.717) is 37.9 Å². The maximum absolute atomic E-state index is 12.4. The zero-order chi connectivity index (χ0) is 16.9. The van der Waals surface area contributed by atoms with Crippen LogP contribution in [0.2, 0.25) is 0 Å². The fourth-order valence-corrected chi connectivity index (χ4v) is 3.83. The van der Waals surface area contributed by atoms with Crippen LogP contribution in [0.15, 0.2) is 22.8 Å². The largest absolute Gasteiger partial charge is 0.481 e. The van der Waals surface area contributed by atoms with E-state index < -0.39 is 17.9 Å². The van der Waals surface area contributed by atoms with E-state index in [-0.39, 0.29) is 12.3 Å². The Labute approximate surface area is 141 Å². The van der Waals surface area contributed by atoms with Gasteiger partial charge in [0.05, 0.1) is 18.3 Å². The van der Waals surface area contributed by atoms with Crippen molar-refractivity contribution in [2.45, 2.75) is 57.1 Å². The van der Waals surface area contributed by atoms with Gasteiger partial charge in [-0.1, -0.05) is 12.8 Å². The average Bonchev–Trinajstić information content (AvgIpc) is 3.25. The number of carboxylic acids is 1. The Kier molecular flexibility index (Phi) is 5.56. The van der Waals surface area contributed by atoms with E-state index in [1.165, 1.54) is 19.1 Å². The number of piperidine rings is 1. The molecule has 2 heterocycles. The zero-order valence-electron chi connectivity index (χ0n) is 13.9. The van der Waals surface area contributed by atoms with Crippen LogP contribution in [0.3, 0.4) is 0 Å².